The zero-order chi connectivity index (χ0) is 21.8. The van der Waals surface area contributed by atoms with Gasteiger partial charge in [-0.25, -0.2) is 4.21 Å². The second-order valence-corrected chi connectivity index (χ2v) is 11.1. The summed E-state index contributed by atoms with van der Waals surface area (Å²) in [6, 6.07) is -0.537. The molecule has 2 aliphatic heterocycles. The van der Waals surface area contributed by atoms with Gasteiger partial charge in [-0.05, 0) is 65.2 Å². The molecule has 3 amide bonds. The Morgan fingerprint density at radius 3 is 2.60 bits per heavy atom. The summed E-state index contributed by atoms with van der Waals surface area (Å²) in [5.74, 6) is -0.716. The SMILES string of the molecule is CC1(C(=O)NS(=O)C2(C)CC2)C/C=C\CCCCCCC(=O)N2CCC[C@H]2C(=O)N1. The molecule has 0 bridgehead atoms. The lowest BCUT2D eigenvalue weighted by Gasteiger charge is -2.32. The molecule has 3 atom stereocenters. The van der Waals surface area contributed by atoms with Gasteiger partial charge >= 0.3 is 0 Å². The highest BCUT2D eigenvalue weighted by molar-refractivity contribution is 7.85. The topological polar surface area (TPSA) is 95.6 Å². The Bertz CT molecular complexity index is 734. The molecule has 3 aliphatic rings. The maximum absolute atomic E-state index is 13.1. The molecule has 0 aromatic rings. The average molecular weight is 438 g/mol. The zero-order valence-electron chi connectivity index (χ0n) is 18.2. The first kappa shape index (κ1) is 23.0. The molecule has 30 heavy (non-hydrogen) atoms. The highest BCUT2D eigenvalue weighted by atomic mass is 32.2. The number of rotatable bonds is 3. The predicted octanol–water partition coefficient (Wildman–Crippen LogP) is 2.49. The number of amides is 3. The van der Waals surface area contributed by atoms with Crippen LogP contribution in [0.3, 0.4) is 0 Å². The van der Waals surface area contributed by atoms with E-state index in [0.29, 0.717) is 25.8 Å². The van der Waals surface area contributed by atoms with E-state index in [-0.39, 0.29) is 16.6 Å². The van der Waals surface area contributed by atoms with Crippen LogP contribution in [0.15, 0.2) is 12.2 Å². The van der Waals surface area contributed by atoms with Crippen molar-refractivity contribution in [3.63, 3.8) is 0 Å². The summed E-state index contributed by atoms with van der Waals surface area (Å²) in [4.78, 5) is 40.5. The molecular weight excluding hydrogens is 402 g/mol. The van der Waals surface area contributed by atoms with Crippen molar-refractivity contribution in [2.75, 3.05) is 6.54 Å². The molecule has 2 heterocycles. The normalized spacial score (nSPS) is 32.2. The maximum Gasteiger partial charge on any atom is 0.257 e. The number of hydrogen-bond donors (Lipinski definition) is 2. The summed E-state index contributed by atoms with van der Waals surface area (Å²) in [7, 11) is -1.48. The molecule has 7 nitrogen and oxygen atoms in total. The van der Waals surface area contributed by atoms with Crippen LogP contribution in [0, 0.1) is 0 Å². The lowest BCUT2D eigenvalue weighted by Crippen LogP contribution is -2.60. The molecule has 1 saturated carbocycles. The van der Waals surface area contributed by atoms with Gasteiger partial charge in [-0.2, -0.15) is 0 Å². The minimum absolute atomic E-state index is 0.0227. The number of nitrogens with one attached hydrogen (secondary N) is 2. The van der Waals surface area contributed by atoms with Crippen molar-refractivity contribution < 1.29 is 18.6 Å². The summed E-state index contributed by atoms with van der Waals surface area (Å²) in [6.07, 6.45) is 12.7. The molecule has 0 aromatic carbocycles. The van der Waals surface area contributed by atoms with Crippen LogP contribution in [0.25, 0.3) is 0 Å². The van der Waals surface area contributed by atoms with E-state index in [1.165, 1.54) is 0 Å². The molecule has 3 rings (SSSR count). The van der Waals surface area contributed by atoms with E-state index in [2.05, 4.69) is 10.0 Å². The molecule has 2 fully saturated rings. The Morgan fingerprint density at radius 1 is 1.13 bits per heavy atom. The Labute approximate surface area is 182 Å². The molecule has 0 radical (unpaired) electrons. The first-order chi connectivity index (χ1) is 14.3. The molecule has 2 unspecified atom stereocenters. The van der Waals surface area contributed by atoms with Crippen LogP contribution in [0.5, 0.6) is 0 Å². The van der Waals surface area contributed by atoms with Crippen molar-refractivity contribution in [2.45, 2.75) is 101 Å². The molecular formula is C22H35N3O4S. The van der Waals surface area contributed by atoms with Gasteiger partial charge in [0.05, 0.1) is 4.75 Å². The first-order valence-electron chi connectivity index (χ1n) is 11.2. The smallest absolute Gasteiger partial charge is 0.257 e. The van der Waals surface area contributed by atoms with Gasteiger partial charge in [0.25, 0.3) is 5.91 Å². The lowest BCUT2D eigenvalue weighted by atomic mass is 9.95. The van der Waals surface area contributed by atoms with E-state index in [9.17, 15) is 18.6 Å². The van der Waals surface area contributed by atoms with Gasteiger partial charge in [0.2, 0.25) is 11.8 Å². The molecule has 168 valence electrons. The van der Waals surface area contributed by atoms with Crippen LogP contribution in [0.2, 0.25) is 0 Å². The first-order valence-corrected chi connectivity index (χ1v) is 12.4. The Balaban J connectivity index is 1.77. The van der Waals surface area contributed by atoms with Crippen LogP contribution >= 0.6 is 0 Å². The van der Waals surface area contributed by atoms with Crippen molar-refractivity contribution in [2.24, 2.45) is 0 Å². The summed E-state index contributed by atoms with van der Waals surface area (Å²) in [5.41, 5.74) is -1.22. The van der Waals surface area contributed by atoms with E-state index in [4.69, 9.17) is 0 Å². The van der Waals surface area contributed by atoms with E-state index < -0.39 is 28.5 Å². The molecule has 1 aliphatic carbocycles. The fourth-order valence-corrected chi connectivity index (χ4v) is 5.16. The molecule has 0 spiro atoms. The number of fused-ring (bicyclic) bond motifs is 1. The number of hydrogen-bond acceptors (Lipinski definition) is 4. The quantitative estimate of drug-likeness (QED) is 0.663. The minimum atomic E-state index is -1.48. The van der Waals surface area contributed by atoms with Crippen molar-refractivity contribution in [1.29, 1.82) is 0 Å². The molecule has 8 heteroatoms. The van der Waals surface area contributed by atoms with E-state index in [1.54, 1.807) is 11.8 Å². The van der Waals surface area contributed by atoms with Crippen molar-refractivity contribution >= 4 is 28.7 Å². The predicted molar refractivity (Wildman–Crippen MR) is 117 cm³/mol. The van der Waals surface area contributed by atoms with Gasteiger partial charge in [0.15, 0.2) is 0 Å². The fraction of sp³-hybridized carbons (Fsp3) is 0.773. The van der Waals surface area contributed by atoms with Gasteiger partial charge in [-0.15, -0.1) is 0 Å². The number of nitrogens with zero attached hydrogens (tertiary/aromatic N) is 1. The minimum Gasteiger partial charge on any atom is -0.340 e. The van der Waals surface area contributed by atoms with E-state index in [1.807, 2.05) is 19.1 Å². The van der Waals surface area contributed by atoms with Crippen LogP contribution in [-0.2, 0) is 25.4 Å². The van der Waals surface area contributed by atoms with Crippen LogP contribution in [0.4, 0.5) is 0 Å². The zero-order valence-corrected chi connectivity index (χ0v) is 19.0. The van der Waals surface area contributed by atoms with Gasteiger partial charge in [0, 0.05) is 13.0 Å². The summed E-state index contributed by atoms with van der Waals surface area (Å²) in [6.45, 7) is 4.15. The number of allylic oxidation sites excluding steroid dienone is 1. The van der Waals surface area contributed by atoms with Gasteiger partial charge in [0.1, 0.15) is 22.6 Å². The second kappa shape index (κ2) is 9.62. The van der Waals surface area contributed by atoms with Crippen LogP contribution in [-0.4, -0.2) is 49.7 Å². The van der Waals surface area contributed by atoms with Gasteiger partial charge in [-0.1, -0.05) is 25.0 Å². The third-order valence-electron chi connectivity index (χ3n) is 6.57. The Morgan fingerprint density at radius 2 is 1.87 bits per heavy atom. The molecule has 2 N–H and O–H groups in total. The van der Waals surface area contributed by atoms with Gasteiger partial charge < -0.3 is 10.2 Å². The lowest BCUT2D eigenvalue weighted by molar-refractivity contribution is -0.140. The highest BCUT2D eigenvalue weighted by Crippen LogP contribution is 2.40. The molecule has 1 saturated heterocycles. The van der Waals surface area contributed by atoms with Crippen molar-refractivity contribution in [1.82, 2.24) is 14.9 Å². The van der Waals surface area contributed by atoms with Crippen LogP contribution < -0.4 is 10.0 Å². The van der Waals surface area contributed by atoms with Gasteiger partial charge in [-0.3, -0.25) is 19.1 Å². The van der Waals surface area contributed by atoms with Crippen LogP contribution in [0.1, 0.15) is 84.5 Å². The summed E-state index contributed by atoms with van der Waals surface area (Å²) in [5, 5.41) is 2.90. The largest absolute Gasteiger partial charge is 0.340 e. The van der Waals surface area contributed by atoms with Crippen molar-refractivity contribution in [3.05, 3.63) is 12.2 Å². The average Bonchev–Trinajstić information content (AvgIpc) is 3.26. The third kappa shape index (κ3) is 5.50. The fourth-order valence-electron chi connectivity index (χ4n) is 4.05. The van der Waals surface area contributed by atoms with E-state index >= 15 is 0 Å². The van der Waals surface area contributed by atoms with E-state index in [0.717, 1.165) is 51.4 Å². The third-order valence-corrected chi connectivity index (χ3v) is 8.24. The Kier molecular flexibility index (Phi) is 7.37. The Hall–Kier alpha value is -1.70. The highest BCUT2D eigenvalue weighted by Gasteiger charge is 2.47. The standard InChI is InChI=1S/C22H35N3O4S/c1-21(14-15-21)30(29)24-20(28)22(2)13-9-7-5-3-4-6-8-12-18(26)25-16-10-11-17(25)19(27)23-22/h7,9,17H,3-6,8,10-16H2,1-2H3,(H,23,27)(H,24,28)/b9-7-/t17-,22?,30?/m0/s1. The van der Waals surface area contributed by atoms with Crippen molar-refractivity contribution in [3.8, 4) is 0 Å². The summed E-state index contributed by atoms with van der Waals surface area (Å²) >= 11 is 0. The summed E-state index contributed by atoms with van der Waals surface area (Å²) < 4.78 is 14.8. The number of carbonyl (C=O) groups is 3. The second-order valence-electron chi connectivity index (χ2n) is 9.34. The molecule has 0 aromatic heterocycles. The maximum atomic E-state index is 13.1. The number of carbonyl (C=O) groups excluding carboxylic acids is 3. The monoisotopic (exact) mass is 437 g/mol.